The number of nitrogens with zero attached hydrogens (tertiary/aromatic N) is 2. The van der Waals surface area contributed by atoms with E-state index in [1.54, 1.807) is 7.05 Å². The Morgan fingerprint density at radius 2 is 2.00 bits per heavy atom. The molecule has 1 aromatic rings. The summed E-state index contributed by atoms with van der Waals surface area (Å²) in [5.74, 6) is 1.31. The highest BCUT2D eigenvalue weighted by Crippen LogP contribution is 2.26. The van der Waals surface area contributed by atoms with Gasteiger partial charge in [-0.05, 0) is 32.8 Å². The number of nitrogens with one attached hydrogen (secondary N) is 2. The van der Waals surface area contributed by atoms with Gasteiger partial charge in [-0.2, -0.15) is 0 Å². The molecule has 1 unspecified atom stereocenters. The second-order valence-corrected chi connectivity index (χ2v) is 7.04. The van der Waals surface area contributed by atoms with E-state index in [0.717, 1.165) is 25.5 Å². The number of carbonyl (C=O) groups is 1. The molecule has 1 aliphatic heterocycles. The maximum atomic E-state index is 11.9. The second-order valence-electron chi connectivity index (χ2n) is 7.04. The van der Waals surface area contributed by atoms with Crippen molar-refractivity contribution in [2.24, 2.45) is 4.99 Å². The van der Waals surface area contributed by atoms with Gasteiger partial charge in [0, 0.05) is 31.6 Å². The highest BCUT2D eigenvalue weighted by atomic mass is 16.2. The summed E-state index contributed by atoms with van der Waals surface area (Å²) in [7, 11) is 1.76. The Morgan fingerprint density at radius 3 is 2.61 bits per heavy atom. The van der Waals surface area contributed by atoms with Crippen LogP contribution in [0.25, 0.3) is 0 Å². The Kier molecular flexibility index (Phi) is 5.64. The predicted molar refractivity (Wildman–Crippen MR) is 94.6 cm³/mol. The quantitative estimate of drug-likeness (QED) is 0.662. The molecule has 1 heterocycles. The molecular weight excluding hydrogens is 288 g/mol. The van der Waals surface area contributed by atoms with Crippen LogP contribution in [0.15, 0.2) is 35.3 Å². The van der Waals surface area contributed by atoms with E-state index in [0.29, 0.717) is 5.92 Å². The van der Waals surface area contributed by atoms with Crippen LogP contribution in [0.5, 0.6) is 0 Å². The van der Waals surface area contributed by atoms with Crippen molar-refractivity contribution < 1.29 is 4.79 Å². The lowest BCUT2D eigenvalue weighted by Crippen LogP contribution is -2.48. The van der Waals surface area contributed by atoms with E-state index in [1.807, 2.05) is 26.8 Å². The molecule has 0 bridgehead atoms. The van der Waals surface area contributed by atoms with Crippen LogP contribution in [0.3, 0.4) is 0 Å². The topological polar surface area (TPSA) is 56.7 Å². The molecule has 0 spiro atoms. The first-order valence-electron chi connectivity index (χ1n) is 8.20. The minimum atomic E-state index is -0.214. The molecule has 0 radical (unpaired) electrons. The first kappa shape index (κ1) is 17.3. The van der Waals surface area contributed by atoms with E-state index in [1.165, 1.54) is 5.56 Å². The average Bonchev–Trinajstić information content (AvgIpc) is 2.97. The molecule has 1 aromatic carbocycles. The van der Waals surface area contributed by atoms with Gasteiger partial charge in [0.15, 0.2) is 5.96 Å². The molecule has 126 valence electrons. The summed E-state index contributed by atoms with van der Waals surface area (Å²) < 4.78 is 0. The summed E-state index contributed by atoms with van der Waals surface area (Å²) in [5, 5.41) is 6.12. The Hall–Kier alpha value is -2.04. The van der Waals surface area contributed by atoms with E-state index in [4.69, 9.17) is 0 Å². The number of amides is 1. The van der Waals surface area contributed by atoms with E-state index in [9.17, 15) is 4.79 Å². The van der Waals surface area contributed by atoms with Crippen molar-refractivity contribution in [3.63, 3.8) is 0 Å². The van der Waals surface area contributed by atoms with E-state index >= 15 is 0 Å². The first-order valence-corrected chi connectivity index (χ1v) is 8.20. The van der Waals surface area contributed by atoms with Gasteiger partial charge in [0.25, 0.3) is 0 Å². The molecule has 2 rings (SSSR count). The van der Waals surface area contributed by atoms with Gasteiger partial charge in [0.2, 0.25) is 5.91 Å². The third-order valence-electron chi connectivity index (χ3n) is 3.89. The molecule has 1 fully saturated rings. The number of carbonyl (C=O) groups excluding carboxylic acids is 1. The van der Waals surface area contributed by atoms with Crippen molar-refractivity contribution in [3.05, 3.63) is 35.9 Å². The van der Waals surface area contributed by atoms with E-state index in [-0.39, 0.29) is 18.0 Å². The summed E-state index contributed by atoms with van der Waals surface area (Å²) in [6.07, 6.45) is 1.11. The standard InChI is InChI=1S/C18H28N4O/c1-18(2,3)21-16(23)12-20-17(19-4)22-11-10-15(13-22)14-8-6-5-7-9-14/h5-9,15H,10-13H2,1-4H3,(H,19,20)(H,21,23). The number of aliphatic imine (C=N–C) groups is 1. The van der Waals surface area contributed by atoms with Crippen molar-refractivity contribution in [1.29, 1.82) is 0 Å². The SMILES string of the molecule is CN=C(NCC(=O)NC(C)(C)C)N1CCC(c2ccccc2)C1. The first-order chi connectivity index (χ1) is 10.9. The minimum absolute atomic E-state index is 0.0162. The fourth-order valence-corrected chi connectivity index (χ4v) is 2.90. The molecule has 23 heavy (non-hydrogen) atoms. The lowest BCUT2D eigenvalue weighted by Gasteiger charge is -2.24. The van der Waals surface area contributed by atoms with Gasteiger partial charge in [-0.1, -0.05) is 30.3 Å². The van der Waals surface area contributed by atoms with Gasteiger partial charge in [0.05, 0.1) is 6.54 Å². The molecule has 0 aromatic heterocycles. The van der Waals surface area contributed by atoms with Crippen LogP contribution in [-0.2, 0) is 4.79 Å². The Morgan fingerprint density at radius 1 is 1.30 bits per heavy atom. The summed E-state index contributed by atoms with van der Waals surface area (Å²) in [6, 6.07) is 10.6. The van der Waals surface area contributed by atoms with Crippen molar-refractivity contribution in [1.82, 2.24) is 15.5 Å². The van der Waals surface area contributed by atoms with Gasteiger partial charge in [-0.25, -0.2) is 0 Å². The van der Waals surface area contributed by atoms with Crippen LogP contribution in [0.4, 0.5) is 0 Å². The number of benzene rings is 1. The van der Waals surface area contributed by atoms with Gasteiger partial charge in [-0.3, -0.25) is 9.79 Å². The summed E-state index contributed by atoms with van der Waals surface area (Å²) >= 11 is 0. The number of rotatable bonds is 3. The molecule has 5 heteroatoms. The minimum Gasteiger partial charge on any atom is -0.350 e. The van der Waals surface area contributed by atoms with Gasteiger partial charge >= 0.3 is 0 Å². The lowest BCUT2D eigenvalue weighted by atomic mass is 9.99. The molecular formula is C18H28N4O. The van der Waals surface area contributed by atoms with Gasteiger partial charge in [-0.15, -0.1) is 0 Å². The van der Waals surface area contributed by atoms with Crippen molar-refractivity contribution in [2.45, 2.75) is 38.6 Å². The maximum absolute atomic E-state index is 11.9. The van der Waals surface area contributed by atoms with E-state index < -0.39 is 0 Å². The zero-order valence-electron chi connectivity index (χ0n) is 14.6. The third-order valence-corrected chi connectivity index (χ3v) is 3.89. The molecule has 1 atom stereocenters. The van der Waals surface area contributed by atoms with E-state index in [2.05, 4.69) is 44.8 Å². The smallest absolute Gasteiger partial charge is 0.239 e. The van der Waals surface area contributed by atoms with Gasteiger partial charge < -0.3 is 15.5 Å². The number of likely N-dealkylation sites (tertiary alicyclic amines) is 1. The van der Waals surface area contributed by atoms with Crippen LogP contribution in [0.2, 0.25) is 0 Å². The molecule has 2 N–H and O–H groups in total. The zero-order chi connectivity index (χ0) is 16.9. The normalized spacial score (nSPS) is 18.9. The van der Waals surface area contributed by atoms with Crippen LogP contribution < -0.4 is 10.6 Å². The maximum Gasteiger partial charge on any atom is 0.239 e. The summed E-state index contributed by atoms with van der Waals surface area (Å²) in [5.41, 5.74) is 1.16. The third kappa shape index (κ3) is 5.27. The number of hydrogen-bond acceptors (Lipinski definition) is 2. The molecule has 1 amide bonds. The zero-order valence-corrected chi connectivity index (χ0v) is 14.6. The molecule has 1 aliphatic rings. The Bertz CT molecular complexity index is 548. The summed E-state index contributed by atoms with van der Waals surface area (Å²) in [4.78, 5) is 18.5. The number of hydrogen-bond donors (Lipinski definition) is 2. The molecule has 0 saturated carbocycles. The average molecular weight is 316 g/mol. The van der Waals surface area contributed by atoms with Crippen molar-refractivity contribution in [2.75, 3.05) is 26.7 Å². The van der Waals surface area contributed by atoms with Crippen LogP contribution in [-0.4, -0.2) is 49.0 Å². The van der Waals surface area contributed by atoms with Crippen LogP contribution in [0, 0.1) is 0 Å². The fraction of sp³-hybridized carbons (Fsp3) is 0.556. The van der Waals surface area contributed by atoms with Crippen LogP contribution >= 0.6 is 0 Å². The second kappa shape index (κ2) is 7.49. The largest absolute Gasteiger partial charge is 0.350 e. The van der Waals surface area contributed by atoms with Gasteiger partial charge in [0.1, 0.15) is 0 Å². The van der Waals surface area contributed by atoms with Crippen LogP contribution in [0.1, 0.15) is 38.7 Å². The fourth-order valence-electron chi connectivity index (χ4n) is 2.90. The summed E-state index contributed by atoms with van der Waals surface area (Å²) in [6.45, 7) is 8.07. The van der Waals surface area contributed by atoms with Crippen molar-refractivity contribution in [3.8, 4) is 0 Å². The molecule has 0 aliphatic carbocycles. The Balaban J connectivity index is 1.87. The lowest BCUT2D eigenvalue weighted by molar-refractivity contribution is -0.121. The van der Waals surface area contributed by atoms with Crippen molar-refractivity contribution >= 4 is 11.9 Å². The predicted octanol–water partition coefficient (Wildman–Crippen LogP) is 1.97. The highest BCUT2D eigenvalue weighted by molar-refractivity contribution is 5.86. The Labute approximate surface area is 139 Å². The highest BCUT2D eigenvalue weighted by Gasteiger charge is 2.26. The number of guanidine groups is 1. The monoisotopic (exact) mass is 316 g/mol. The molecule has 5 nitrogen and oxygen atoms in total. The molecule has 1 saturated heterocycles.